The molecule has 1 amide bonds. The number of nitrogens with zero attached hydrogens (tertiary/aromatic N) is 2. The maximum absolute atomic E-state index is 12.3. The summed E-state index contributed by atoms with van der Waals surface area (Å²) in [6, 6.07) is 6.82. The number of carbonyl (C=O) groups is 1. The van der Waals surface area contributed by atoms with Crippen LogP contribution in [-0.2, 0) is 0 Å². The topological polar surface area (TPSA) is 66.9 Å². The molecule has 23 heavy (non-hydrogen) atoms. The molecule has 0 spiro atoms. The summed E-state index contributed by atoms with van der Waals surface area (Å²) in [5.74, 6) is 0.147. The Kier molecular flexibility index (Phi) is 4.98. The van der Waals surface area contributed by atoms with Gasteiger partial charge in [0.05, 0.1) is 0 Å². The Morgan fingerprint density at radius 3 is 2.52 bits per heavy atom. The van der Waals surface area contributed by atoms with Gasteiger partial charge in [-0.05, 0) is 37.1 Å². The summed E-state index contributed by atoms with van der Waals surface area (Å²) < 4.78 is 0. The van der Waals surface area contributed by atoms with Crippen LogP contribution in [0.1, 0.15) is 36.2 Å². The predicted molar refractivity (Wildman–Crippen MR) is 92.3 cm³/mol. The molecule has 1 saturated carbocycles. The van der Waals surface area contributed by atoms with Crippen molar-refractivity contribution in [2.75, 3.05) is 10.6 Å². The first-order valence-corrected chi connectivity index (χ1v) is 8.23. The molecular weight excluding hydrogens is 335 g/mol. The van der Waals surface area contributed by atoms with Gasteiger partial charge in [-0.2, -0.15) is 0 Å². The SMILES string of the molecule is O=C(Nc1cc(Cl)cc(Cl)c1)c1ccnc(NC2CCCC2)n1. The number of amides is 1. The Bertz CT molecular complexity index is 697. The van der Waals surface area contributed by atoms with E-state index in [2.05, 4.69) is 20.6 Å². The number of halogens is 2. The predicted octanol–water partition coefficient (Wildman–Crippen LogP) is 4.39. The van der Waals surface area contributed by atoms with E-state index >= 15 is 0 Å². The highest BCUT2D eigenvalue weighted by Crippen LogP contribution is 2.23. The van der Waals surface area contributed by atoms with Crippen LogP contribution in [0.4, 0.5) is 11.6 Å². The standard InChI is InChI=1S/C16H16Cl2N4O/c17-10-7-11(18)9-13(8-10)20-15(23)14-5-6-19-16(22-14)21-12-3-1-2-4-12/h5-9,12H,1-4H2,(H,20,23)(H,19,21,22). The maximum atomic E-state index is 12.3. The van der Waals surface area contributed by atoms with Crippen molar-refractivity contribution in [3.05, 3.63) is 46.2 Å². The molecule has 120 valence electrons. The number of nitrogens with one attached hydrogen (secondary N) is 2. The number of carbonyl (C=O) groups excluding carboxylic acids is 1. The second-order valence-electron chi connectivity index (χ2n) is 5.50. The van der Waals surface area contributed by atoms with Crippen LogP contribution in [0.5, 0.6) is 0 Å². The Morgan fingerprint density at radius 2 is 1.83 bits per heavy atom. The maximum Gasteiger partial charge on any atom is 0.274 e. The molecule has 1 fully saturated rings. The van der Waals surface area contributed by atoms with Gasteiger partial charge in [-0.15, -0.1) is 0 Å². The minimum Gasteiger partial charge on any atom is -0.351 e. The van der Waals surface area contributed by atoms with Crippen LogP contribution in [0.25, 0.3) is 0 Å². The van der Waals surface area contributed by atoms with Gasteiger partial charge in [0.2, 0.25) is 5.95 Å². The van der Waals surface area contributed by atoms with Gasteiger partial charge >= 0.3 is 0 Å². The lowest BCUT2D eigenvalue weighted by Gasteiger charge is -2.12. The lowest BCUT2D eigenvalue weighted by molar-refractivity contribution is 0.102. The first kappa shape index (κ1) is 16.0. The molecule has 2 N–H and O–H groups in total. The fourth-order valence-electron chi connectivity index (χ4n) is 2.63. The van der Waals surface area contributed by atoms with Gasteiger partial charge in [0.25, 0.3) is 5.91 Å². The number of rotatable bonds is 4. The Labute approximate surface area is 144 Å². The zero-order chi connectivity index (χ0) is 16.2. The fourth-order valence-corrected chi connectivity index (χ4v) is 3.15. The van der Waals surface area contributed by atoms with Crippen molar-refractivity contribution in [3.8, 4) is 0 Å². The average Bonchev–Trinajstić information content (AvgIpc) is 2.99. The molecule has 3 rings (SSSR count). The second-order valence-corrected chi connectivity index (χ2v) is 6.38. The van der Waals surface area contributed by atoms with E-state index in [1.807, 2.05) is 0 Å². The third-order valence-corrected chi connectivity index (χ3v) is 4.13. The third kappa shape index (κ3) is 4.33. The van der Waals surface area contributed by atoms with Gasteiger partial charge in [-0.1, -0.05) is 36.0 Å². The van der Waals surface area contributed by atoms with Crippen LogP contribution in [0.2, 0.25) is 10.0 Å². The van der Waals surface area contributed by atoms with Crippen LogP contribution in [0.3, 0.4) is 0 Å². The lowest BCUT2D eigenvalue weighted by atomic mass is 10.2. The summed E-state index contributed by atoms with van der Waals surface area (Å²) in [5, 5.41) is 6.92. The van der Waals surface area contributed by atoms with Crippen LogP contribution >= 0.6 is 23.2 Å². The van der Waals surface area contributed by atoms with E-state index in [0.29, 0.717) is 27.7 Å². The fraction of sp³-hybridized carbons (Fsp3) is 0.312. The van der Waals surface area contributed by atoms with E-state index in [4.69, 9.17) is 23.2 Å². The zero-order valence-corrected chi connectivity index (χ0v) is 13.9. The summed E-state index contributed by atoms with van der Waals surface area (Å²) in [6.07, 6.45) is 6.23. The van der Waals surface area contributed by atoms with Gasteiger partial charge in [0.15, 0.2) is 0 Å². The summed E-state index contributed by atoms with van der Waals surface area (Å²) in [6.45, 7) is 0. The molecule has 0 radical (unpaired) electrons. The highest BCUT2D eigenvalue weighted by Gasteiger charge is 2.16. The third-order valence-electron chi connectivity index (χ3n) is 3.70. The molecule has 1 heterocycles. The first-order chi connectivity index (χ1) is 11.1. The molecule has 0 atom stereocenters. The summed E-state index contributed by atoms with van der Waals surface area (Å²) in [5.41, 5.74) is 0.813. The zero-order valence-electron chi connectivity index (χ0n) is 12.4. The molecule has 0 bridgehead atoms. The number of hydrogen-bond acceptors (Lipinski definition) is 4. The molecule has 0 unspecified atom stereocenters. The van der Waals surface area contributed by atoms with Gasteiger partial charge in [0.1, 0.15) is 5.69 Å². The molecule has 5 nitrogen and oxygen atoms in total. The monoisotopic (exact) mass is 350 g/mol. The lowest BCUT2D eigenvalue weighted by Crippen LogP contribution is -2.19. The highest BCUT2D eigenvalue weighted by atomic mass is 35.5. The molecule has 0 saturated heterocycles. The average molecular weight is 351 g/mol. The van der Waals surface area contributed by atoms with E-state index in [1.165, 1.54) is 12.8 Å². The molecule has 1 aromatic heterocycles. The summed E-state index contributed by atoms with van der Waals surface area (Å²) in [7, 11) is 0. The summed E-state index contributed by atoms with van der Waals surface area (Å²) in [4.78, 5) is 20.8. The quantitative estimate of drug-likeness (QED) is 0.857. The van der Waals surface area contributed by atoms with Gasteiger partial charge in [0, 0.05) is 28.0 Å². The number of benzene rings is 1. The molecule has 1 aliphatic carbocycles. The van der Waals surface area contributed by atoms with E-state index in [-0.39, 0.29) is 11.6 Å². The van der Waals surface area contributed by atoms with Crippen LogP contribution in [0, 0.1) is 0 Å². The molecule has 1 aliphatic rings. The van der Waals surface area contributed by atoms with Crippen molar-refractivity contribution in [1.82, 2.24) is 9.97 Å². The molecule has 7 heteroatoms. The molecule has 0 aliphatic heterocycles. The molecule has 2 aromatic rings. The number of hydrogen-bond donors (Lipinski definition) is 2. The minimum absolute atomic E-state index is 0.289. The van der Waals surface area contributed by atoms with Crippen molar-refractivity contribution in [2.24, 2.45) is 0 Å². The van der Waals surface area contributed by atoms with Crippen LogP contribution in [0.15, 0.2) is 30.5 Å². The van der Waals surface area contributed by atoms with Crippen molar-refractivity contribution in [2.45, 2.75) is 31.7 Å². The largest absolute Gasteiger partial charge is 0.351 e. The van der Waals surface area contributed by atoms with Crippen molar-refractivity contribution < 1.29 is 4.79 Å². The van der Waals surface area contributed by atoms with Gasteiger partial charge in [-0.25, -0.2) is 9.97 Å². The number of aromatic nitrogens is 2. The Morgan fingerprint density at radius 1 is 1.13 bits per heavy atom. The van der Waals surface area contributed by atoms with Crippen molar-refractivity contribution >= 4 is 40.7 Å². The smallest absolute Gasteiger partial charge is 0.274 e. The normalized spacial score (nSPS) is 14.7. The first-order valence-electron chi connectivity index (χ1n) is 7.47. The molecule has 1 aromatic carbocycles. The summed E-state index contributed by atoms with van der Waals surface area (Å²) >= 11 is 11.9. The molecular formula is C16H16Cl2N4O. The van der Waals surface area contributed by atoms with E-state index in [9.17, 15) is 4.79 Å². The van der Waals surface area contributed by atoms with E-state index in [1.54, 1.807) is 30.5 Å². The van der Waals surface area contributed by atoms with E-state index < -0.39 is 0 Å². The van der Waals surface area contributed by atoms with E-state index in [0.717, 1.165) is 12.8 Å². The van der Waals surface area contributed by atoms with Crippen LogP contribution in [-0.4, -0.2) is 21.9 Å². The van der Waals surface area contributed by atoms with Gasteiger partial charge < -0.3 is 10.6 Å². The van der Waals surface area contributed by atoms with Crippen molar-refractivity contribution in [3.63, 3.8) is 0 Å². The Hall–Kier alpha value is -1.85. The number of anilines is 2. The Balaban J connectivity index is 1.71. The second kappa shape index (κ2) is 7.15. The minimum atomic E-state index is -0.333. The van der Waals surface area contributed by atoms with Crippen LogP contribution < -0.4 is 10.6 Å². The highest BCUT2D eigenvalue weighted by molar-refractivity contribution is 6.35. The van der Waals surface area contributed by atoms with Crippen molar-refractivity contribution in [1.29, 1.82) is 0 Å². The van der Waals surface area contributed by atoms with Gasteiger partial charge in [-0.3, -0.25) is 4.79 Å².